The molecule has 1 aliphatic rings. The summed E-state index contributed by atoms with van der Waals surface area (Å²) in [5.41, 5.74) is 2.05. The first-order valence-corrected chi connectivity index (χ1v) is 8.50. The smallest absolute Gasteiger partial charge is 0.303 e. The minimum Gasteiger partial charge on any atom is -0.481 e. The normalized spacial score (nSPS) is 17.3. The van der Waals surface area contributed by atoms with E-state index < -0.39 is 5.97 Å². The number of nitrogens with zero attached hydrogens (tertiary/aromatic N) is 1. The quantitative estimate of drug-likeness (QED) is 0.811. The van der Waals surface area contributed by atoms with Gasteiger partial charge in [0, 0.05) is 17.8 Å². The van der Waals surface area contributed by atoms with E-state index >= 15 is 0 Å². The van der Waals surface area contributed by atoms with Crippen molar-refractivity contribution in [2.75, 3.05) is 0 Å². The highest BCUT2D eigenvalue weighted by atomic mass is 32.1. The van der Waals surface area contributed by atoms with Crippen LogP contribution in [0.4, 0.5) is 0 Å². The Morgan fingerprint density at radius 1 is 1.38 bits per heavy atom. The molecular weight excluding hydrogens is 288 g/mol. The van der Waals surface area contributed by atoms with Crippen molar-refractivity contribution in [2.24, 2.45) is 5.92 Å². The number of carboxylic acids is 1. The molecule has 0 spiro atoms. The van der Waals surface area contributed by atoms with Crippen LogP contribution in [-0.2, 0) is 4.79 Å². The van der Waals surface area contributed by atoms with E-state index in [0.717, 1.165) is 6.42 Å². The summed E-state index contributed by atoms with van der Waals surface area (Å²) in [6, 6.07) is -0.0709. The second kappa shape index (κ2) is 8.12. The molecule has 1 aromatic heterocycles. The van der Waals surface area contributed by atoms with Crippen molar-refractivity contribution in [1.82, 2.24) is 10.3 Å². The largest absolute Gasteiger partial charge is 0.481 e. The van der Waals surface area contributed by atoms with E-state index in [1.165, 1.54) is 43.4 Å². The standard InChI is InChI=1S/C15H22N2O3S/c18-14(19)7-6-12(8-11-4-2-1-3-5-11)17-15(20)13-9-21-10-16-13/h9-12H,1-8H2,(H,17,20)(H,18,19). The molecule has 1 atom stereocenters. The van der Waals surface area contributed by atoms with Gasteiger partial charge in [-0.1, -0.05) is 32.1 Å². The monoisotopic (exact) mass is 310 g/mol. The lowest BCUT2D eigenvalue weighted by atomic mass is 9.84. The maximum Gasteiger partial charge on any atom is 0.303 e. The second-order valence-corrected chi connectivity index (χ2v) is 6.43. The molecule has 1 fully saturated rings. The first-order valence-electron chi connectivity index (χ1n) is 7.56. The average molecular weight is 310 g/mol. The minimum absolute atomic E-state index is 0.0709. The van der Waals surface area contributed by atoms with E-state index in [-0.39, 0.29) is 18.4 Å². The van der Waals surface area contributed by atoms with Crippen LogP contribution < -0.4 is 5.32 Å². The molecule has 116 valence electrons. The highest BCUT2D eigenvalue weighted by molar-refractivity contribution is 7.07. The Balaban J connectivity index is 1.90. The summed E-state index contributed by atoms with van der Waals surface area (Å²) in [7, 11) is 0. The zero-order chi connectivity index (χ0) is 15.1. The molecule has 0 saturated heterocycles. The number of carboxylic acid groups (broad SMARTS) is 1. The number of aliphatic carboxylic acids is 1. The van der Waals surface area contributed by atoms with Crippen LogP contribution >= 0.6 is 11.3 Å². The van der Waals surface area contributed by atoms with Gasteiger partial charge in [0.05, 0.1) is 5.51 Å². The third-order valence-corrected chi connectivity index (χ3v) is 4.64. The summed E-state index contributed by atoms with van der Waals surface area (Å²) in [6.07, 6.45) is 7.63. The number of carbonyl (C=O) groups excluding carboxylic acids is 1. The van der Waals surface area contributed by atoms with Crippen molar-refractivity contribution < 1.29 is 14.7 Å². The molecule has 0 aliphatic heterocycles. The van der Waals surface area contributed by atoms with Crippen LogP contribution in [-0.4, -0.2) is 28.0 Å². The van der Waals surface area contributed by atoms with E-state index in [2.05, 4.69) is 10.3 Å². The number of hydrogen-bond acceptors (Lipinski definition) is 4. The molecule has 2 N–H and O–H groups in total. The van der Waals surface area contributed by atoms with Crippen molar-refractivity contribution in [2.45, 2.75) is 57.4 Å². The van der Waals surface area contributed by atoms with Gasteiger partial charge in [0.1, 0.15) is 5.69 Å². The number of carbonyl (C=O) groups is 2. The number of nitrogens with one attached hydrogen (secondary N) is 1. The summed E-state index contributed by atoms with van der Waals surface area (Å²) < 4.78 is 0. The molecule has 5 nitrogen and oxygen atoms in total. The topological polar surface area (TPSA) is 79.3 Å². The van der Waals surface area contributed by atoms with Crippen LogP contribution in [0.2, 0.25) is 0 Å². The summed E-state index contributed by atoms with van der Waals surface area (Å²) in [6.45, 7) is 0. The van der Waals surface area contributed by atoms with E-state index in [1.54, 1.807) is 10.9 Å². The van der Waals surface area contributed by atoms with Crippen molar-refractivity contribution in [3.8, 4) is 0 Å². The second-order valence-electron chi connectivity index (χ2n) is 5.72. The maximum absolute atomic E-state index is 12.1. The van der Waals surface area contributed by atoms with Crippen molar-refractivity contribution in [3.05, 3.63) is 16.6 Å². The van der Waals surface area contributed by atoms with E-state index in [0.29, 0.717) is 18.0 Å². The van der Waals surface area contributed by atoms with Crippen molar-refractivity contribution in [1.29, 1.82) is 0 Å². The number of aromatic nitrogens is 1. The van der Waals surface area contributed by atoms with Gasteiger partial charge in [0.25, 0.3) is 5.91 Å². The van der Waals surface area contributed by atoms with Crippen LogP contribution in [0.3, 0.4) is 0 Å². The number of hydrogen-bond donors (Lipinski definition) is 2. The summed E-state index contributed by atoms with van der Waals surface area (Å²) in [5, 5.41) is 13.5. The SMILES string of the molecule is O=C(O)CCC(CC1CCCCC1)NC(=O)c1cscn1. The van der Waals surface area contributed by atoms with Gasteiger partial charge in [-0.15, -0.1) is 11.3 Å². The lowest BCUT2D eigenvalue weighted by Gasteiger charge is -2.26. The summed E-state index contributed by atoms with van der Waals surface area (Å²) >= 11 is 1.38. The van der Waals surface area contributed by atoms with Crippen molar-refractivity contribution >= 4 is 23.2 Å². The Labute approximate surface area is 128 Å². The highest BCUT2D eigenvalue weighted by Crippen LogP contribution is 2.28. The Bertz CT molecular complexity index is 455. The molecule has 1 heterocycles. The molecule has 0 bridgehead atoms. The van der Waals surface area contributed by atoms with Gasteiger partial charge >= 0.3 is 5.97 Å². The third-order valence-electron chi connectivity index (χ3n) is 4.05. The summed E-state index contributed by atoms with van der Waals surface area (Å²) in [4.78, 5) is 26.9. The van der Waals surface area contributed by atoms with Gasteiger partial charge in [0.2, 0.25) is 0 Å². The molecule has 1 amide bonds. The molecular formula is C15H22N2O3S. The highest BCUT2D eigenvalue weighted by Gasteiger charge is 2.22. The zero-order valence-corrected chi connectivity index (χ0v) is 12.9. The van der Waals surface area contributed by atoms with Gasteiger partial charge in [0.15, 0.2) is 0 Å². The number of amides is 1. The third kappa shape index (κ3) is 5.46. The molecule has 2 rings (SSSR count). The van der Waals surface area contributed by atoms with E-state index in [4.69, 9.17) is 5.11 Å². The minimum atomic E-state index is -0.813. The molecule has 1 aromatic rings. The molecule has 0 aromatic carbocycles. The van der Waals surface area contributed by atoms with E-state index in [9.17, 15) is 9.59 Å². The number of rotatable bonds is 7. The molecule has 6 heteroatoms. The first kappa shape index (κ1) is 15.9. The number of thiazole rings is 1. The molecule has 0 radical (unpaired) electrons. The zero-order valence-electron chi connectivity index (χ0n) is 12.1. The van der Waals surface area contributed by atoms with Gasteiger partial charge in [-0.3, -0.25) is 9.59 Å². The predicted molar refractivity (Wildman–Crippen MR) is 81.4 cm³/mol. The van der Waals surface area contributed by atoms with Crippen LogP contribution in [0.15, 0.2) is 10.9 Å². The van der Waals surface area contributed by atoms with E-state index in [1.807, 2.05) is 0 Å². The Hall–Kier alpha value is -1.43. The average Bonchev–Trinajstić information content (AvgIpc) is 3.00. The van der Waals surface area contributed by atoms with Gasteiger partial charge in [-0.05, 0) is 18.8 Å². The fourth-order valence-electron chi connectivity index (χ4n) is 2.96. The maximum atomic E-state index is 12.1. The Morgan fingerprint density at radius 3 is 2.76 bits per heavy atom. The summed E-state index contributed by atoms with van der Waals surface area (Å²) in [5.74, 6) is -0.401. The van der Waals surface area contributed by atoms with Crippen LogP contribution in [0.25, 0.3) is 0 Å². The fraction of sp³-hybridized carbons (Fsp3) is 0.667. The lowest BCUT2D eigenvalue weighted by molar-refractivity contribution is -0.137. The molecule has 1 unspecified atom stereocenters. The Kier molecular flexibility index (Phi) is 6.17. The van der Waals surface area contributed by atoms with Crippen LogP contribution in [0, 0.1) is 5.92 Å². The van der Waals surface area contributed by atoms with Crippen molar-refractivity contribution in [3.63, 3.8) is 0 Å². The predicted octanol–water partition coefficient (Wildman–Crippen LogP) is 3.08. The van der Waals surface area contributed by atoms with Gasteiger partial charge in [-0.2, -0.15) is 0 Å². The Morgan fingerprint density at radius 2 is 2.14 bits per heavy atom. The van der Waals surface area contributed by atoms with Gasteiger partial charge < -0.3 is 10.4 Å². The molecule has 1 aliphatic carbocycles. The van der Waals surface area contributed by atoms with Crippen LogP contribution in [0.1, 0.15) is 61.9 Å². The first-order chi connectivity index (χ1) is 10.1. The lowest BCUT2D eigenvalue weighted by Crippen LogP contribution is -2.37. The molecule has 21 heavy (non-hydrogen) atoms. The molecule has 1 saturated carbocycles. The van der Waals surface area contributed by atoms with Crippen LogP contribution in [0.5, 0.6) is 0 Å². The fourth-order valence-corrected chi connectivity index (χ4v) is 3.49. The van der Waals surface area contributed by atoms with Gasteiger partial charge in [-0.25, -0.2) is 4.98 Å².